The summed E-state index contributed by atoms with van der Waals surface area (Å²) < 4.78 is 10.2. The van der Waals surface area contributed by atoms with E-state index in [0.717, 1.165) is 0 Å². The van der Waals surface area contributed by atoms with Crippen molar-refractivity contribution in [3.05, 3.63) is 47.0 Å². The van der Waals surface area contributed by atoms with Crippen LogP contribution in [0, 0.1) is 0 Å². The standard InChI is InChI=1S/C17H20ClN3O3/c1-23-8-7-20-17(22)11-3-5-14(13(19)9-11)21-15-10-12(18)4-6-16(15)24-2/h3-6,9-10,21H,7-8,19H2,1-2H3,(H,20,22). The van der Waals surface area contributed by atoms with Crippen molar-refractivity contribution in [2.24, 2.45) is 0 Å². The summed E-state index contributed by atoms with van der Waals surface area (Å²) in [6, 6.07) is 10.3. The number of hydrogen-bond donors (Lipinski definition) is 3. The molecule has 0 saturated carbocycles. The van der Waals surface area contributed by atoms with Crippen molar-refractivity contribution in [3.8, 4) is 5.75 Å². The van der Waals surface area contributed by atoms with E-state index in [9.17, 15) is 4.79 Å². The van der Waals surface area contributed by atoms with Crippen LogP contribution >= 0.6 is 11.6 Å². The smallest absolute Gasteiger partial charge is 0.251 e. The summed E-state index contributed by atoms with van der Waals surface area (Å²) in [5.41, 5.74) is 8.32. The van der Waals surface area contributed by atoms with Crippen LogP contribution in [-0.2, 0) is 4.74 Å². The Morgan fingerprint density at radius 1 is 1.17 bits per heavy atom. The molecular formula is C17H20ClN3O3. The number of benzene rings is 2. The monoisotopic (exact) mass is 349 g/mol. The lowest BCUT2D eigenvalue weighted by atomic mass is 10.1. The molecule has 0 aliphatic rings. The number of nitrogens with two attached hydrogens (primary N) is 1. The summed E-state index contributed by atoms with van der Waals surface area (Å²) in [4.78, 5) is 12.0. The number of halogens is 1. The summed E-state index contributed by atoms with van der Waals surface area (Å²) in [6.45, 7) is 0.893. The molecule has 6 nitrogen and oxygen atoms in total. The van der Waals surface area contributed by atoms with Gasteiger partial charge in [-0.1, -0.05) is 11.6 Å². The first-order valence-corrected chi connectivity index (χ1v) is 7.70. The molecule has 0 heterocycles. The van der Waals surface area contributed by atoms with Gasteiger partial charge in [-0.15, -0.1) is 0 Å². The largest absolute Gasteiger partial charge is 0.495 e. The van der Waals surface area contributed by atoms with E-state index in [1.165, 1.54) is 0 Å². The van der Waals surface area contributed by atoms with Crippen LogP contribution in [0.25, 0.3) is 0 Å². The van der Waals surface area contributed by atoms with Gasteiger partial charge in [-0.25, -0.2) is 0 Å². The molecule has 0 atom stereocenters. The van der Waals surface area contributed by atoms with E-state index in [2.05, 4.69) is 10.6 Å². The lowest BCUT2D eigenvalue weighted by molar-refractivity contribution is 0.0937. The fraction of sp³-hybridized carbons (Fsp3) is 0.235. The molecule has 1 amide bonds. The molecular weight excluding hydrogens is 330 g/mol. The highest BCUT2D eigenvalue weighted by Gasteiger charge is 2.10. The van der Waals surface area contributed by atoms with Crippen LogP contribution in [0.15, 0.2) is 36.4 Å². The molecule has 2 aromatic carbocycles. The van der Waals surface area contributed by atoms with Gasteiger partial charge in [0.1, 0.15) is 5.75 Å². The minimum atomic E-state index is -0.203. The summed E-state index contributed by atoms with van der Waals surface area (Å²) in [6.07, 6.45) is 0. The van der Waals surface area contributed by atoms with Crippen LogP contribution in [0.3, 0.4) is 0 Å². The zero-order valence-corrected chi connectivity index (χ0v) is 14.3. The van der Waals surface area contributed by atoms with E-state index < -0.39 is 0 Å². The van der Waals surface area contributed by atoms with E-state index in [0.29, 0.717) is 46.5 Å². The van der Waals surface area contributed by atoms with Gasteiger partial charge in [0, 0.05) is 24.2 Å². The minimum Gasteiger partial charge on any atom is -0.495 e. The van der Waals surface area contributed by atoms with Gasteiger partial charge < -0.3 is 25.8 Å². The third-order valence-corrected chi connectivity index (χ3v) is 3.57. The number of nitrogens with one attached hydrogen (secondary N) is 2. The number of methoxy groups -OCH3 is 2. The second-order valence-electron chi connectivity index (χ2n) is 5.02. The predicted molar refractivity (Wildman–Crippen MR) is 96.4 cm³/mol. The average molecular weight is 350 g/mol. The topological polar surface area (TPSA) is 85.6 Å². The molecule has 0 bridgehead atoms. The normalized spacial score (nSPS) is 10.3. The van der Waals surface area contributed by atoms with Crippen LogP contribution in [0.2, 0.25) is 5.02 Å². The molecule has 0 aliphatic carbocycles. The number of hydrogen-bond acceptors (Lipinski definition) is 5. The highest BCUT2D eigenvalue weighted by Crippen LogP contribution is 2.32. The number of carbonyl (C=O) groups excluding carboxylic acids is 1. The Labute approximate surface area is 145 Å². The van der Waals surface area contributed by atoms with Crippen molar-refractivity contribution in [2.75, 3.05) is 38.4 Å². The Hall–Kier alpha value is -2.44. The molecule has 0 aromatic heterocycles. The molecule has 7 heteroatoms. The van der Waals surface area contributed by atoms with Crippen molar-refractivity contribution in [1.29, 1.82) is 0 Å². The Kier molecular flexibility index (Phi) is 6.28. The molecule has 2 rings (SSSR count). The Morgan fingerprint density at radius 2 is 1.96 bits per heavy atom. The van der Waals surface area contributed by atoms with Gasteiger partial charge in [0.05, 0.1) is 30.8 Å². The maximum Gasteiger partial charge on any atom is 0.251 e. The van der Waals surface area contributed by atoms with Crippen LogP contribution in [-0.4, -0.2) is 33.3 Å². The zero-order valence-electron chi connectivity index (χ0n) is 13.6. The summed E-state index contributed by atoms with van der Waals surface area (Å²) in [5.74, 6) is 0.436. The molecule has 0 radical (unpaired) electrons. The third-order valence-electron chi connectivity index (χ3n) is 3.34. The van der Waals surface area contributed by atoms with Gasteiger partial charge in [0.2, 0.25) is 0 Å². The van der Waals surface area contributed by atoms with Gasteiger partial charge in [0.25, 0.3) is 5.91 Å². The average Bonchev–Trinajstić information content (AvgIpc) is 2.57. The number of ether oxygens (including phenoxy) is 2. The number of carbonyl (C=O) groups is 1. The van der Waals surface area contributed by atoms with Crippen molar-refractivity contribution in [1.82, 2.24) is 5.32 Å². The fourth-order valence-corrected chi connectivity index (χ4v) is 2.28. The van der Waals surface area contributed by atoms with Crippen LogP contribution in [0.1, 0.15) is 10.4 Å². The van der Waals surface area contributed by atoms with Crippen LogP contribution < -0.4 is 21.1 Å². The molecule has 4 N–H and O–H groups in total. The van der Waals surface area contributed by atoms with E-state index >= 15 is 0 Å². The van der Waals surface area contributed by atoms with E-state index in [1.54, 1.807) is 50.6 Å². The fourth-order valence-electron chi connectivity index (χ4n) is 2.11. The first kappa shape index (κ1) is 17.9. The highest BCUT2D eigenvalue weighted by molar-refractivity contribution is 6.31. The SMILES string of the molecule is COCCNC(=O)c1ccc(Nc2cc(Cl)ccc2OC)c(N)c1. The second-order valence-corrected chi connectivity index (χ2v) is 5.46. The molecule has 0 aliphatic heterocycles. The lowest BCUT2D eigenvalue weighted by Crippen LogP contribution is -2.27. The zero-order chi connectivity index (χ0) is 17.5. The highest BCUT2D eigenvalue weighted by atomic mass is 35.5. The number of anilines is 3. The first-order valence-electron chi connectivity index (χ1n) is 7.32. The van der Waals surface area contributed by atoms with Gasteiger partial charge in [0.15, 0.2) is 0 Å². The maximum absolute atomic E-state index is 12.0. The minimum absolute atomic E-state index is 0.203. The van der Waals surface area contributed by atoms with E-state index in [1.807, 2.05) is 0 Å². The van der Waals surface area contributed by atoms with Gasteiger partial charge in [-0.3, -0.25) is 4.79 Å². The molecule has 0 saturated heterocycles. The maximum atomic E-state index is 12.0. The van der Waals surface area contributed by atoms with E-state index in [-0.39, 0.29) is 5.91 Å². The summed E-state index contributed by atoms with van der Waals surface area (Å²) in [5, 5.41) is 6.48. The molecule has 2 aromatic rings. The Morgan fingerprint density at radius 3 is 2.62 bits per heavy atom. The van der Waals surface area contributed by atoms with Crippen molar-refractivity contribution >= 4 is 34.6 Å². The van der Waals surface area contributed by atoms with Crippen molar-refractivity contribution in [2.45, 2.75) is 0 Å². The lowest BCUT2D eigenvalue weighted by Gasteiger charge is -2.14. The Bertz CT molecular complexity index is 722. The Balaban J connectivity index is 2.16. The third kappa shape index (κ3) is 4.53. The molecule has 0 fully saturated rings. The number of amides is 1. The van der Waals surface area contributed by atoms with Crippen molar-refractivity contribution in [3.63, 3.8) is 0 Å². The van der Waals surface area contributed by atoms with Crippen LogP contribution in [0.5, 0.6) is 5.75 Å². The summed E-state index contributed by atoms with van der Waals surface area (Å²) >= 11 is 6.02. The molecule has 128 valence electrons. The molecule has 0 unspecified atom stereocenters. The number of rotatable bonds is 7. The molecule has 24 heavy (non-hydrogen) atoms. The molecule has 0 spiro atoms. The van der Waals surface area contributed by atoms with Crippen molar-refractivity contribution < 1.29 is 14.3 Å². The van der Waals surface area contributed by atoms with Gasteiger partial charge in [-0.05, 0) is 36.4 Å². The summed E-state index contributed by atoms with van der Waals surface area (Å²) in [7, 11) is 3.15. The quantitative estimate of drug-likeness (QED) is 0.528. The number of nitrogen functional groups attached to an aromatic ring is 1. The van der Waals surface area contributed by atoms with E-state index in [4.69, 9.17) is 26.8 Å². The first-order chi connectivity index (χ1) is 11.5. The predicted octanol–water partition coefficient (Wildman–Crippen LogP) is 3.05. The van der Waals surface area contributed by atoms with Crippen LogP contribution in [0.4, 0.5) is 17.1 Å². The van der Waals surface area contributed by atoms with Gasteiger partial charge in [-0.2, -0.15) is 0 Å². The second kappa shape index (κ2) is 8.42. The van der Waals surface area contributed by atoms with Gasteiger partial charge >= 0.3 is 0 Å².